The number of nitrogens with zero attached hydrogens (tertiary/aromatic N) is 1. The van der Waals surface area contributed by atoms with Crippen LogP contribution in [0.4, 0.5) is 10.1 Å². The largest absolute Gasteiger partial charge is 0.389 e. The predicted octanol–water partition coefficient (Wildman–Crippen LogP) is 2.28. The quantitative estimate of drug-likeness (QED) is 0.794. The van der Waals surface area contributed by atoms with Crippen LogP contribution in [0.25, 0.3) is 0 Å². The Labute approximate surface area is 87.1 Å². The number of rotatable bonds is 5. The number of thiazole rings is 1. The molecule has 1 heterocycles. The molecule has 74 valence electrons. The van der Waals surface area contributed by atoms with Crippen LogP contribution in [0.2, 0.25) is 0 Å². The molecule has 1 atom stereocenters. The van der Waals surface area contributed by atoms with Gasteiger partial charge in [-0.3, -0.25) is 0 Å². The minimum Gasteiger partial charge on any atom is -0.389 e. The van der Waals surface area contributed by atoms with E-state index < -0.39 is 0 Å². The molecule has 1 aromatic rings. The summed E-state index contributed by atoms with van der Waals surface area (Å²) < 4.78 is 0. The third-order valence-electron chi connectivity index (χ3n) is 1.65. The minimum absolute atomic E-state index is 0.470. The third-order valence-corrected chi connectivity index (χ3v) is 3.05. The summed E-state index contributed by atoms with van der Waals surface area (Å²) in [7, 11) is 0. The molecule has 0 aliphatic rings. The lowest BCUT2D eigenvalue weighted by atomic mass is 10.3. The van der Waals surface area contributed by atoms with Crippen LogP contribution in [-0.2, 0) is 0 Å². The van der Waals surface area contributed by atoms with Crippen molar-refractivity contribution in [3.63, 3.8) is 0 Å². The van der Waals surface area contributed by atoms with Gasteiger partial charge in [-0.2, -0.15) is 11.8 Å². The summed E-state index contributed by atoms with van der Waals surface area (Å²) in [5.41, 5.74) is 5.57. The molecule has 0 aliphatic carbocycles. The molecule has 0 bridgehead atoms. The number of anilines is 2. The molecule has 0 saturated heterocycles. The number of hydrogen-bond donors (Lipinski definition) is 2. The summed E-state index contributed by atoms with van der Waals surface area (Å²) in [6, 6.07) is 0.470. The highest BCUT2D eigenvalue weighted by Crippen LogP contribution is 2.20. The smallest absolute Gasteiger partial charge is 0.184 e. The summed E-state index contributed by atoms with van der Waals surface area (Å²) >= 11 is 3.36. The first kappa shape index (κ1) is 10.7. The Hall–Kier alpha value is -0.420. The van der Waals surface area contributed by atoms with Crippen LogP contribution in [0.3, 0.4) is 0 Å². The van der Waals surface area contributed by atoms with E-state index in [0.29, 0.717) is 6.04 Å². The molecule has 0 fully saturated rings. The van der Waals surface area contributed by atoms with E-state index in [1.54, 1.807) is 6.20 Å². The lowest BCUT2D eigenvalue weighted by Crippen LogP contribution is -2.15. The molecule has 0 saturated carbocycles. The van der Waals surface area contributed by atoms with Crippen molar-refractivity contribution < 1.29 is 0 Å². The second kappa shape index (κ2) is 5.34. The van der Waals surface area contributed by atoms with E-state index in [0.717, 1.165) is 16.6 Å². The second-order valence-electron chi connectivity index (χ2n) is 2.89. The lowest BCUT2D eigenvalue weighted by Gasteiger charge is -2.11. The van der Waals surface area contributed by atoms with Gasteiger partial charge in [-0.05, 0) is 25.4 Å². The Morgan fingerprint density at radius 1 is 1.77 bits per heavy atom. The molecule has 0 radical (unpaired) electrons. The van der Waals surface area contributed by atoms with Crippen molar-refractivity contribution in [2.75, 3.05) is 23.1 Å². The SMILES string of the molecule is CSCCC(C)Nc1ncc(N)s1. The van der Waals surface area contributed by atoms with Gasteiger partial charge in [0, 0.05) is 6.04 Å². The van der Waals surface area contributed by atoms with Crippen molar-refractivity contribution in [3.8, 4) is 0 Å². The zero-order valence-corrected chi connectivity index (χ0v) is 9.54. The molecule has 1 rings (SSSR count). The van der Waals surface area contributed by atoms with Crippen LogP contribution >= 0.6 is 23.1 Å². The van der Waals surface area contributed by atoms with Gasteiger partial charge in [0.05, 0.1) is 6.20 Å². The van der Waals surface area contributed by atoms with Crippen LogP contribution in [0, 0.1) is 0 Å². The van der Waals surface area contributed by atoms with E-state index in [1.165, 1.54) is 17.1 Å². The number of nitrogen functional groups attached to an aromatic ring is 1. The first-order valence-electron chi connectivity index (χ1n) is 4.19. The fourth-order valence-electron chi connectivity index (χ4n) is 0.931. The van der Waals surface area contributed by atoms with Crippen molar-refractivity contribution in [1.82, 2.24) is 4.98 Å². The van der Waals surface area contributed by atoms with Gasteiger partial charge in [0.1, 0.15) is 5.00 Å². The standard InChI is InChI=1S/C8H15N3S2/c1-6(3-4-12-2)11-8-10-5-7(9)13-8/h5-6H,3-4,9H2,1-2H3,(H,10,11). The van der Waals surface area contributed by atoms with E-state index in [1.807, 2.05) is 11.8 Å². The molecule has 1 unspecified atom stereocenters. The summed E-state index contributed by atoms with van der Waals surface area (Å²) in [6.07, 6.45) is 4.96. The predicted molar refractivity (Wildman–Crippen MR) is 62.6 cm³/mol. The number of thioether (sulfide) groups is 1. The van der Waals surface area contributed by atoms with Gasteiger partial charge in [-0.25, -0.2) is 4.98 Å². The second-order valence-corrected chi connectivity index (χ2v) is 4.94. The topological polar surface area (TPSA) is 50.9 Å². The monoisotopic (exact) mass is 217 g/mol. The van der Waals surface area contributed by atoms with Crippen LogP contribution in [0.5, 0.6) is 0 Å². The molecule has 0 amide bonds. The molecule has 3 N–H and O–H groups in total. The van der Waals surface area contributed by atoms with Gasteiger partial charge in [0.2, 0.25) is 0 Å². The zero-order valence-electron chi connectivity index (χ0n) is 7.91. The van der Waals surface area contributed by atoms with Crippen LogP contribution in [0.15, 0.2) is 6.20 Å². The molecule has 5 heteroatoms. The first-order chi connectivity index (χ1) is 6.22. The average molecular weight is 217 g/mol. The summed E-state index contributed by atoms with van der Waals surface area (Å²) in [5.74, 6) is 1.18. The highest BCUT2D eigenvalue weighted by Gasteiger charge is 2.03. The molecular weight excluding hydrogens is 202 g/mol. The zero-order chi connectivity index (χ0) is 9.68. The van der Waals surface area contributed by atoms with Crippen LogP contribution < -0.4 is 11.1 Å². The third kappa shape index (κ3) is 3.87. The Bertz CT molecular complexity index is 249. The van der Waals surface area contributed by atoms with Crippen LogP contribution in [-0.4, -0.2) is 23.0 Å². The van der Waals surface area contributed by atoms with Crippen molar-refractivity contribution in [2.45, 2.75) is 19.4 Å². The van der Waals surface area contributed by atoms with E-state index in [9.17, 15) is 0 Å². The maximum Gasteiger partial charge on any atom is 0.184 e. The normalized spacial score (nSPS) is 12.8. The Kier molecular flexibility index (Phi) is 4.38. The van der Waals surface area contributed by atoms with Crippen molar-refractivity contribution in [1.29, 1.82) is 0 Å². The van der Waals surface area contributed by atoms with E-state index in [2.05, 4.69) is 23.5 Å². The van der Waals surface area contributed by atoms with Crippen molar-refractivity contribution in [2.24, 2.45) is 0 Å². The minimum atomic E-state index is 0.470. The molecular formula is C8H15N3S2. The molecule has 1 aromatic heterocycles. The first-order valence-corrected chi connectivity index (χ1v) is 6.40. The average Bonchev–Trinajstić information content (AvgIpc) is 2.48. The van der Waals surface area contributed by atoms with E-state index in [4.69, 9.17) is 5.73 Å². The van der Waals surface area contributed by atoms with Crippen molar-refractivity contribution >= 4 is 33.2 Å². The number of hydrogen-bond acceptors (Lipinski definition) is 5. The molecule has 0 spiro atoms. The number of nitrogens with one attached hydrogen (secondary N) is 1. The van der Waals surface area contributed by atoms with Gasteiger partial charge >= 0.3 is 0 Å². The van der Waals surface area contributed by atoms with E-state index >= 15 is 0 Å². The Morgan fingerprint density at radius 3 is 3.08 bits per heavy atom. The summed E-state index contributed by atoms with van der Waals surface area (Å²) in [4.78, 5) is 4.14. The molecule has 13 heavy (non-hydrogen) atoms. The van der Waals surface area contributed by atoms with Gasteiger partial charge in [0.25, 0.3) is 0 Å². The van der Waals surface area contributed by atoms with Crippen molar-refractivity contribution in [3.05, 3.63) is 6.20 Å². The maximum absolute atomic E-state index is 5.57. The van der Waals surface area contributed by atoms with Gasteiger partial charge < -0.3 is 11.1 Å². The number of nitrogens with two attached hydrogens (primary N) is 1. The molecule has 0 aromatic carbocycles. The van der Waals surface area contributed by atoms with E-state index in [-0.39, 0.29) is 0 Å². The van der Waals surface area contributed by atoms with Gasteiger partial charge in [-0.1, -0.05) is 11.3 Å². The van der Waals surface area contributed by atoms with Gasteiger partial charge in [0.15, 0.2) is 5.13 Å². The van der Waals surface area contributed by atoms with Gasteiger partial charge in [-0.15, -0.1) is 0 Å². The molecule has 0 aliphatic heterocycles. The summed E-state index contributed by atoms with van der Waals surface area (Å²) in [6.45, 7) is 2.16. The Morgan fingerprint density at radius 2 is 2.54 bits per heavy atom. The Balaban J connectivity index is 2.31. The molecule has 3 nitrogen and oxygen atoms in total. The lowest BCUT2D eigenvalue weighted by molar-refractivity contribution is 0.771. The summed E-state index contributed by atoms with van der Waals surface area (Å²) in [5, 5.41) is 5.00. The number of aromatic nitrogens is 1. The van der Waals surface area contributed by atoms with Crippen LogP contribution in [0.1, 0.15) is 13.3 Å². The maximum atomic E-state index is 5.57. The fraction of sp³-hybridized carbons (Fsp3) is 0.625. The fourth-order valence-corrected chi connectivity index (χ4v) is 2.21. The highest BCUT2D eigenvalue weighted by atomic mass is 32.2. The highest BCUT2D eigenvalue weighted by molar-refractivity contribution is 7.98.